The minimum atomic E-state index is 0.125. The summed E-state index contributed by atoms with van der Waals surface area (Å²) < 4.78 is 0. The molecular formula is C9H9ClN4. The normalized spacial score (nSPS) is 10.6. The maximum atomic E-state index is 7.18. The lowest BCUT2D eigenvalue weighted by Gasteiger charge is -2.00. The summed E-state index contributed by atoms with van der Waals surface area (Å²) in [6.45, 7) is 0. The summed E-state index contributed by atoms with van der Waals surface area (Å²) in [5.41, 5.74) is 7.84. The second-order valence-corrected chi connectivity index (χ2v) is 3.49. The Morgan fingerprint density at radius 2 is 2.36 bits per heavy atom. The van der Waals surface area contributed by atoms with Crippen molar-refractivity contribution in [2.45, 2.75) is 6.42 Å². The van der Waals surface area contributed by atoms with E-state index in [9.17, 15) is 0 Å². The van der Waals surface area contributed by atoms with E-state index in [0.29, 0.717) is 11.4 Å². The molecule has 0 atom stereocenters. The first kappa shape index (κ1) is 9.02. The molecule has 0 spiro atoms. The Kier molecular flexibility index (Phi) is 2.13. The number of aromatic nitrogens is 2. The first-order valence-corrected chi connectivity index (χ1v) is 4.49. The van der Waals surface area contributed by atoms with Gasteiger partial charge in [0.05, 0.1) is 22.7 Å². The van der Waals surface area contributed by atoms with Gasteiger partial charge >= 0.3 is 0 Å². The molecule has 72 valence electrons. The van der Waals surface area contributed by atoms with Gasteiger partial charge in [-0.3, -0.25) is 5.41 Å². The summed E-state index contributed by atoms with van der Waals surface area (Å²) in [5.74, 6) is 0.125. The van der Waals surface area contributed by atoms with Crippen LogP contribution in [0.5, 0.6) is 0 Å². The number of hydrogen-bond acceptors (Lipinski definition) is 2. The fourth-order valence-electron chi connectivity index (χ4n) is 1.38. The molecule has 2 rings (SSSR count). The van der Waals surface area contributed by atoms with E-state index in [-0.39, 0.29) is 5.84 Å². The molecule has 0 aliphatic rings. The van der Waals surface area contributed by atoms with E-state index in [1.807, 2.05) is 6.07 Å². The van der Waals surface area contributed by atoms with Gasteiger partial charge in [-0.25, -0.2) is 4.98 Å². The number of benzene rings is 1. The van der Waals surface area contributed by atoms with E-state index in [4.69, 9.17) is 22.7 Å². The van der Waals surface area contributed by atoms with E-state index in [0.717, 1.165) is 16.6 Å². The number of nitrogens with two attached hydrogens (primary N) is 1. The zero-order chi connectivity index (χ0) is 10.1. The summed E-state index contributed by atoms with van der Waals surface area (Å²) in [7, 11) is 0. The predicted octanol–water partition coefficient (Wildman–Crippen LogP) is 1.69. The Balaban J connectivity index is 2.53. The standard InChI is InChI=1S/C9H9ClN4/c10-6-1-5(3-8(11)12)2-7-9(6)14-4-13-7/h1-2,4H,3H2,(H3,11,12)(H,13,14). The van der Waals surface area contributed by atoms with Crippen molar-refractivity contribution in [3.05, 3.63) is 29.0 Å². The van der Waals surface area contributed by atoms with Gasteiger partial charge in [0.2, 0.25) is 0 Å². The molecule has 4 nitrogen and oxygen atoms in total. The van der Waals surface area contributed by atoms with Crippen LogP contribution in [0.15, 0.2) is 18.5 Å². The molecule has 0 fully saturated rings. The summed E-state index contributed by atoms with van der Waals surface area (Å²) in [6, 6.07) is 3.68. The molecule has 0 radical (unpaired) electrons. The van der Waals surface area contributed by atoms with Gasteiger partial charge in [-0.15, -0.1) is 0 Å². The summed E-state index contributed by atoms with van der Waals surface area (Å²) in [6.07, 6.45) is 2.00. The molecule has 14 heavy (non-hydrogen) atoms. The predicted molar refractivity (Wildman–Crippen MR) is 56.7 cm³/mol. The molecule has 4 N–H and O–H groups in total. The van der Waals surface area contributed by atoms with Crippen LogP contribution in [0, 0.1) is 5.41 Å². The minimum absolute atomic E-state index is 0.125. The molecule has 1 aromatic heterocycles. The first-order valence-electron chi connectivity index (χ1n) is 4.11. The highest BCUT2D eigenvalue weighted by atomic mass is 35.5. The van der Waals surface area contributed by atoms with Gasteiger partial charge in [0.15, 0.2) is 0 Å². The molecule has 2 aromatic rings. The van der Waals surface area contributed by atoms with Crippen LogP contribution in [0.25, 0.3) is 11.0 Å². The maximum Gasteiger partial charge on any atom is 0.107 e. The van der Waals surface area contributed by atoms with E-state index in [1.54, 1.807) is 12.4 Å². The Morgan fingerprint density at radius 1 is 1.57 bits per heavy atom. The molecule has 0 aliphatic heterocycles. The third kappa shape index (κ3) is 1.56. The molecule has 0 saturated carbocycles. The number of amidine groups is 1. The van der Waals surface area contributed by atoms with Crippen LogP contribution in [0.1, 0.15) is 5.56 Å². The smallest absolute Gasteiger partial charge is 0.107 e. The third-order valence-corrected chi connectivity index (χ3v) is 2.22. The van der Waals surface area contributed by atoms with Crippen LogP contribution in [0.3, 0.4) is 0 Å². The fraction of sp³-hybridized carbons (Fsp3) is 0.111. The van der Waals surface area contributed by atoms with Crippen molar-refractivity contribution in [3.63, 3.8) is 0 Å². The van der Waals surface area contributed by atoms with Gasteiger partial charge in [0, 0.05) is 6.42 Å². The number of hydrogen-bond donors (Lipinski definition) is 3. The van der Waals surface area contributed by atoms with Crippen molar-refractivity contribution in [3.8, 4) is 0 Å². The quantitative estimate of drug-likeness (QED) is 0.519. The second-order valence-electron chi connectivity index (χ2n) is 3.08. The monoisotopic (exact) mass is 208 g/mol. The molecule has 1 aromatic carbocycles. The molecule has 5 heteroatoms. The topological polar surface area (TPSA) is 78.6 Å². The van der Waals surface area contributed by atoms with Crippen molar-refractivity contribution < 1.29 is 0 Å². The third-order valence-electron chi connectivity index (χ3n) is 1.93. The lowest BCUT2D eigenvalue weighted by Crippen LogP contribution is -2.12. The summed E-state index contributed by atoms with van der Waals surface area (Å²) in [4.78, 5) is 7.03. The maximum absolute atomic E-state index is 7.18. The van der Waals surface area contributed by atoms with Crippen LogP contribution >= 0.6 is 11.6 Å². The van der Waals surface area contributed by atoms with Crippen molar-refractivity contribution in [2.24, 2.45) is 5.73 Å². The molecule has 0 amide bonds. The Morgan fingerprint density at radius 3 is 3.07 bits per heavy atom. The summed E-state index contributed by atoms with van der Waals surface area (Å²) >= 11 is 5.99. The first-order chi connectivity index (χ1) is 6.66. The average molecular weight is 209 g/mol. The highest BCUT2D eigenvalue weighted by Gasteiger charge is 2.05. The number of imidazole rings is 1. The van der Waals surface area contributed by atoms with Gasteiger partial charge in [0.1, 0.15) is 5.52 Å². The SMILES string of the molecule is N=C(N)Cc1cc(Cl)c2nc[nH]c2c1. The Bertz CT molecular complexity index is 489. The van der Waals surface area contributed by atoms with Gasteiger partial charge < -0.3 is 10.7 Å². The minimum Gasteiger partial charge on any atom is -0.387 e. The van der Waals surface area contributed by atoms with E-state index >= 15 is 0 Å². The van der Waals surface area contributed by atoms with Crippen molar-refractivity contribution in [1.29, 1.82) is 5.41 Å². The molecule has 0 aliphatic carbocycles. The van der Waals surface area contributed by atoms with Gasteiger partial charge in [-0.1, -0.05) is 11.6 Å². The number of nitrogens with one attached hydrogen (secondary N) is 2. The van der Waals surface area contributed by atoms with Crippen LogP contribution in [0.4, 0.5) is 0 Å². The highest BCUT2D eigenvalue weighted by molar-refractivity contribution is 6.35. The number of halogens is 1. The van der Waals surface area contributed by atoms with Crippen LogP contribution < -0.4 is 5.73 Å². The number of nitrogens with zero attached hydrogens (tertiary/aromatic N) is 1. The van der Waals surface area contributed by atoms with Crippen LogP contribution in [-0.4, -0.2) is 15.8 Å². The largest absolute Gasteiger partial charge is 0.387 e. The number of rotatable bonds is 2. The number of H-pyrrole nitrogens is 1. The van der Waals surface area contributed by atoms with Crippen LogP contribution in [-0.2, 0) is 6.42 Å². The molecule has 0 unspecified atom stereocenters. The van der Waals surface area contributed by atoms with E-state index < -0.39 is 0 Å². The van der Waals surface area contributed by atoms with Crippen molar-refractivity contribution in [1.82, 2.24) is 9.97 Å². The lowest BCUT2D eigenvalue weighted by molar-refractivity contribution is 1.25. The number of aromatic amines is 1. The average Bonchev–Trinajstić information content (AvgIpc) is 2.50. The van der Waals surface area contributed by atoms with E-state index in [1.165, 1.54) is 0 Å². The summed E-state index contributed by atoms with van der Waals surface area (Å²) in [5, 5.41) is 7.77. The van der Waals surface area contributed by atoms with Crippen molar-refractivity contribution in [2.75, 3.05) is 0 Å². The van der Waals surface area contributed by atoms with E-state index in [2.05, 4.69) is 9.97 Å². The van der Waals surface area contributed by atoms with Crippen molar-refractivity contribution >= 4 is 28.5 Å². The molecular weight excluding hydrogens is 200 g/mol. The molecule has 0 saturated heterocycles. The fourth-order valence-corrected chi connectivity index (χ4v) is 1.68. The van der Waals surface area contributed by atoms with Gasteiger partial charge in [0.25, 0.3) is 0 Å². The Labute approximate surface area is 85.6 Å². The van der Waals surface area contributed by atoms with Crippen LogP contribution in [0.2, 0.25) is 5.02 Å². The zero-order valence-corrected chi connectivity index (χ0v) is 8.10. The molecule has 0 bridgehead atoms. The number of fused-ring (bicyclic) bond motifs is 1. The molecule has 1 heterocycles. The van der Waals surface area contributed by atoms with Gasteiger partial charge in [-0.2, -0.15) is 0 Å². The second kappa shape index (κ2) is 3.31. The lowest BCUT2D eigenvalue weighted by atomic mass is 10.1. The Hall–Kier alpha value is -1.55. The zero-order valence-electron chi connectivity index (χ0n) is 7.34. The highest BCUT2D eigenvalue weighted by Crippen LogP contribution is 2.22. The van der Waals surface area contributed by atoms with Gasteiger partial charge in [-0.05, 0) is 17.7 Å².